The van der Waals surface area contributed by atoms with Crippen molar-refractivity contribution in [1.82, 2.24) is 0 Å². The van der Waals surface area contributed by atoms with Gasteiger partial charge in [-0.1, -0.05) is 32.0 Å². The molecule has 1 aromatic rings. The van der Waals surface area contributed by atoms with Gasteiger partial charge in [0.05, 0.1) is 0 Å². The fourth-order valence-corrected chi connectivity index (χ4v) is 2.08. The summed E-state index contributed by atoms with van der Waals surface area (Å²) in [4.78, 5) is 4.25. The lowest BCUT2D eigenvalue weighted by atomic mass is 10.0. The van der Waals surface area contributed by atoms with Gasteiger partial charge in [0.1, 0.15) is 0 Å². The summed E-state index contributed by atoms with van der Waals surface area (Å²) in [6.45, 7) is 6.09. The maximum atomic E-state index is 4.25. The van der Waals surface area contributed by atoms with Crippen LogP contribution in [0.2, 0.25) is 0 Å². The fraction of sp³-hybridized carbons (Fsp3) is 0.500. The van der Waals surface area contributed by atoms with Crippen molar-refractivity contribution in [1.29, 1.82) is 0 Å². The molecule has 1 nitrogen and oxygen atoms in total. The molecule has 15 heavy (non-hydrogen) atoms. The van der Waals surface area contributed by atoms with E-state index in [1.54, 1.807) is 0 Å². The number of aliphatic imine (C=N–C) groups is 1. The van der Waals surface area contributed by atoms with E-state index in [1.165, 1.54) is 41.7 Å². The molecule has 0 heterocycles. The molecule has 0 fully saturated rings. The zero-order chi connectivity index (χ0) is 11.3. The minimum absolute atomic E-state index is 1.17. The lowest BCUT2D eigenvalue weighted by Gasteiger charge is -2.06. The van der Waals surface area contributed by atoms with E-state index in [9.17, 15) is 0 Å². The second-order valence-corrected chi connectivity index (χ2v) is 3.61. The molecule has 0 saturated carbocycles. The maximum Gasteiger partial charge on any atom is 0.0389 e. The molecule has 1 aliphatic carbocycles. The molecule has 0 aromatic heterocycles. The number of hydrogen-bond donors (Lipinski definition) is 0. The molecule has 2 rings (SSSR count). The smallest absolute Gasteiger partial charge is 0.0389 e. The molecule has 82 valence electrons. The van der Waals surface area contributed by atoms with Gasteiger partial charge in [-0.2, -0.15) is 0 Å². The van der Waals surface area contributed by atoms with Crippen LogP contribution in [-0.4, -0.2) is 12.8 Å². The van der Waals surface area contributed by atoms with E-state index < -0.39 is 0 Å². The van der Waals surface area contributed by atoms with Gasteiger partial charge in [-0.05, 0) is 42.9 Å². The van der Waals surface area contributed by atoms with E-state index in [0.29, 0.717) is 0 Å². The van der Waals surface area contributed by atoms with Gasteiger partial charge in [-0.25, -0.2) is 0 Å². The Labute approximate surface area is 93.2 Å². The predicted octanol–water partition coefficient (Wildman–Crippen LogP) is 3.64. The Bertz CT molecular complexity index is 350. The third kappa shape index (κ3) is 2.47. The molecule has 0 spiro atoms. The van der Waals surface area contributed by atoms with E-state index in [0.717, 1.165) is 0 Å². The van der Waals surface area contributed by atoms with Crippen LogP contribution in [-0.2, 0) is 12.8 Å². The fourth-order valence-electron chi connectivity index (χ4n) is 2.08. The first-order valence-corrected chi connectivity index (χ1v) is 5.87. The summed E-state index contributed by atoms with van der Waals surface area (Å²) in [5.74, 6) is 0. The summed E-state index contributed by atoms with van der Waals surface area (Å²) in [5.41, 5.74) is 5.59. The standard InChI is InChI=1S/C12H15N.C2H6/c1-9(13-2)11-7-3-5-10-6-4-8-12(10)11;1-2/h3,5,7H,4,6,8H2,1-2H3;1-2H3. The number of aryl methyl sites for hydroxylation is 1. The number of nitrogens with zero attached hydrogens (tertiary/aromatic N) is 1. The monoisotopic (exact) mass is 203 g/mol. The van der Waals surface area contributed by atoms with Crippen LogP contribution in [0.5, 0.6) is 0 Å². The zero-order valence-electron chi connectivity index (χ0n) is 10.3. The molecule has 0 amide bonds. The van der Waals surface area contributed by atoms with Crippen molar-refractivity contribution >= 4 is 5.71 Å². The Morgan fingerprint density at radius 2 is 1.93 bits per heavy atom. The van der Waals surface area contributed by atoms with Crippen molar-refractivity contribution in [2.75, 3.05) is 7.05 Å². The van der Waals surface area contributed by atoms with Gasteiger partial charge in [-0.3, -0.25) is 4.99 Å². The van der Waals surface area contributed by atoms with E-state index in [2.05, 4.69) is 30.1 Å². The van der Waals surface area contributed by atoms with Gasteiger partial charge < -0.3 is 0 Å². The molecular formula is C14H21N. The molecule has 0 radical (unpaired) electrons. The summed E-state index contributed by atoms with van der Waals surface area (Å²) in [7, 11) is 1.86. The first-order valence-electron chi connectivity index (χ1n) is 5.87. The van der Waals surface area contributed by atoms with Crippen LogP contribution in [0.4, 0.5) is 0 Å². The van der Waals surface area contributed by atoms with E-state index >= 15 is 0 Å². The third-order valence-corrected chi connectivity index (χ3v) is 2.87. The average Bonchev–Trinajstić information content (AvgIpc) is 2.78. The number of hydrogen-bond acceptors (Lipinski definition) is 1. The lowest BCUT2D eigenvalue weighted by molar-refractivity contribution is 0.911. The summed E-state index contributed by atoms with van der Waals surface area (Å²) in [6.07, 6.45) is 3.79. The quantitative estimate of drug-likeness (QED) is 0.618. The highest BCUT2D eigenvalue weighted by Crippen LogP contribution is 2.25. The topological polar surface area (TPSA) is 12.4 Å². The summed E-state index contributed by atoms with van der Waals surface area (Å²) >= 11 is 0. The summed E-state index contributed by atoms with van der Waals surface area (Å²) < 4.78 is 0. The highest BCUT2D eigenvalue weighted by Gasteiger charge is 2.14. The van der Waals surface area contributed by atoms with Crippen molar-refractivity contribution < 1.29 is 0 Å². The second-order valence-electron chi connectivity index (χ2n) is 3.61. The first kappa shape index (κ1) is 12.0. The average molecular weight is 203 g/mol. The first-order chi connectivity index (χ1) is 7.33. The Morgan fingerprint density at radius 1 is 1.20 bits per heavy atom. The van der Waals surface area contributed by atoms with Gasteiger partial charge in [-0.15, -0.1) is 0 Å². The van der Waals surface area contributed by atoms with Crippen LogP contribution < -0.4 is 0 Å². The van der Waals surface area contributed by atoms with Crippen molar-refractivity contribution in [3.8, 4) is 0 Å². The van der Waals surface area contributed by atoms with Crippen LogP contribution in [0.3, 0.4) is 0 Å². The maximum absolute atomic E-state index is 4.25. The van der Waals surface area contributed by atoms with Crippen molar-refractivity contribution in [3.63, 3.8) is 0 Å². The Morgan fingerprint density at radius 3 is 2.60 bits per heavy atom. The molecule has 0 atom stereocenters. The summed E-state index contributed by atoms with van der Waals surface area (Å²) in [5, 5.41) is 0. The largest absolute Gasteiger partial charge is 0.293 e. The van der Waals surface area contributed by atoms with Crippen LogP contribution in [0.15, 0.2) is 23.2 Å². The number of fused-ring (bicyclic) bond motifs is 1. The minimum Gasteiger partial charge on any atom is -0.293 e. The minimum atomic E-state index is 1.17. The van der Waals surface area contributed by atoms with Crippen LogP contribution in [0.1, 0.15) is 43.9 Å². The lowest BCUT2D eigenvalue weighted by Crippen LogP contribution is -1.99. The van der Waals surface area contributed by atoms with Crippen molar-refractivity contribution in [2.45, 2.75) is 40.0 Å². The number of rotatable bonds is 1. The highest BCUT2D eigenvalue weighted by atomic mass is 14.7. The summed E-state index contributed by atoms with van der Waals surface area (Å²) in [6, 6.07) is 6.58. The Balaban J connectivity index is 0.000000531. The molecule has 1 aliphatic rings. The zero-order valence-corrected chi connectivity index (χ0v) is 10.3. The van der Waals surface area contributed by atoms with E-state index in [-0.39, 0.29) is 0 Å². The molecule has 0 bridgehead atoms. The SMILES string of the molecule is CC.CN=C(C)c1cccc2c1CCC2. The molecule has 0 aliphatic heterocycles. The molecule has 0 N–H and O–H groups in total. The van der Waals surface area contributed by atoms with Crippen LogP contribution >= 0.6 is 0 Å². The Kier molecular flexibility index (Phi) is 4.54. The third-order valence-electron chi connectivity index (χ3n) is 2.87. The van der Waals surface area contributed by atoms with Gasteiger partial charge in [0.15, 0.2) is 0 Å². The normalized spacial score (nSPS) is 14.3. The van der Waals surface area contributed by atoms with Crippen LogP contribution in [0, 0.1) is 0 Å². The highest BCUT2D eigenvalue weighted by molar-refractivity contribution is 6.00. The molecule has 1 heteroatoms. The van der Waals surface area contributed by atoms with Crippen molar-refractivity contribution in [2.24, 2.45) is 4.99 Å². The van der Waals surface area contributed by atoms with Crippen LogP contribution in [0.25, 0.3) is 0 Å². The van der Waals surface area contributed by atoms with Gasteiger partial charge in [0.25, 0.3) is 0 Å². The molecule has 0 saturated heterocycles. The Hall–Kier alpha value is -1.11. The van der Waals surface area contributed by atoms with Gasteiger partial charge >= 0.3 is 0 Å². The molecule has 0 unspecified atom stereocenters. The second kappa shape index (κ2) is 5.69. The van der Waals surface area contributed by atoms with E-state index in [4.69, 9.17) is 0 Å². The van der Waals surface area contributed by atoms with Gasteiger partial charge in [0, 0.05) is 12.8 Å². The van der Waals surface area contributed by atoms with Gasteiger partial charge in [0.2, 0.25) is 0 Å². The van der Waals surface area contributed by atoms with E-state index in [1.807, 2.05) is 20.9 Å². The predicted molar refractivity (Wildman–Crippen MR) is 68.0 cm³/mol. The molecule has 1 aromatic carbocycles. The molecular weight excluding hydrogens is 182 g/mol. The number of benzene rings is 1. The van der Waals surface area contributed by atoms with Crippen molar-refractivity contribution in [3.05, 3.63) is 34.9 Å².